The highest BCUT2D eigenvalue weighted by Gasteiger charge is 2.25. The fourth-order valence-electron chi connectivity index (χ4n) is 2.39. The number of benzene rings is 1. The average Bonchev–Trinajstić information content (AvgIpc) is 2.46. The quantitative estimate of drug-likeness (QED) is 0.900. The monoisotopic (exact) mass is 299 g/mol. The summed E-state index contributed by atoms with van der Waals surface area (Å²) >= 11 is 0. The summed E-state index contributed by atoms with van der Waals surface area (Å²) in [5.74, 6) is 0.105. The second-order valence-electron chi connectivity index (χ2n) is 5.05. The largest absolute Gasteiger partial charge is 0.394 e. The molecule has 0 aromatic heterocycles. The maximum absolute atomic E-state index is 11.8. The van der Waals surface area contributed by atoms with Crippen LogP contribution in [0.1, 0.15) is 13.8 Å². The van der Waals surface area contributed by atoms with E-state index in [1.807, 2.05) is 19.1 Å². The number of morpholine rings is 1. The van der Waals surface area contributed by atoms with Crippen LogP contribution in [0.5, 0.6) is 0 Å². The summed E-state index contributed by atoms with van der Waals surface area (Å²) in [6.45, 7) is 4.93. The van der Waals surface area contributed by atoms with Crippen molar-refractivity contribution in [2.75, 3.05) is 30.3 Å². The van der Waals surface area contributed by atoms with Gasteiger partial charge in [0.1, 0.15) is 0 Å². The Bertz CT molecular complexity index is 541. The second-order valence-corrected chi connectivity index (χ2v) is 7.33. The molecule has 1 heterocycles. The van der Waals surface area contributed by atoms with Crippen molar-refractivity contribution in [3.8, 4) is 0 Å². The Morgan fingerprint density at radius 3 is 2.50 bits per heavy atom. The molecule has 2 unspecified atom stereocenters. The lowest BCUT2D eigenvalue weighted by Gasteiger charge is -2.37. The molecule has 0 radical (unpaired) electrons. The fourth-order valence-corrected chi connectivity index (χ4v) is 3.27. The van der Waals surface area contributed by atoms with E-state index < -0.39 is 9.84 Å². The van der Waals surface area contributed by atoms with E-state index in [1.54, 1.807) is 19.1 Å². The van der Waals surface area contributed by atoms with Gasteiger partial charge < -0.3 is 14.7 Å². The van der Waals surface area contributed by atoms with Crippen LogP contribution in [0, 0.1) is 0 Å². The van der Waals surface area contributed by atoms with Crippen molar-refractivity contribution in [3.63, 3.8) is 0 Å². The first-order valence-electron chi connectivity index (χ1n) is 6.80. The van der Waals surface area contributed by atoms with Crippen molar-refractivity contribution in [1.82, 2.24) is 0 Å². The smallest absolute Gasteiger partial charge is 0.178 e. The number of sulfone groups is 1. The summed E-state index contributed by atoms with van der Waals surface area (Å²) in [6.07, 6.45) is -0.155. The number of hydrogen-bond donors (Lipinski definition) is 1. The number of nitrogens with zero attached hydrogens (tertiary/aromatic N) is 1. The number of aliphatic hydroxyl groups is 1. The lowest BCUT2D eigenvalue weighted by atomic mass is 10.2. The zero-order valence-corrected chi connectivity index (χ0v) is 12.6. The third-order valence-corrected chi connectivity index (χ3v) is 5.22. The molecule has 0 spiro atoms. The van der Waals surface area contributed by atoms with Gasteiger partial charge in [0.2, 0.25) is 0 Å². The maximum Gasteiger partial charge on any atom is 0.178 e. The molecular formula is C14H21NO4S. The number of anilines is 1. The Hall–Kier alpha value is -1.11. The second kappa shape index (κ2) is 6.11. The number of ether oxygens (including phenoxy) is 1. The molecule has 0 aliphatic carbocycles. The van der Waals surface area contributed by atoms with Crippen LogP contribution in [0.25, 0.3) is 0 Å². The Morgan fingerprint density at radius 1 is 1.30 bits per heavy atom. The molecule has 5 nitrogen and oxygen atoms in total. The van der Waals surface area contributed by atoms with Crippen LogP contribution in [-0.4, -0.2) is 51.2 Å². The molecule has 1 saturated heterocycles. The number of hydrogen-bond acceptors (Lipinski definition) is 5. The molecule has 6 heteroatoms. The van der Waals surface area contributed by atoms with Crippen LogP contribution in [0.4, 0.5) is 5.69 Å². The molecule has 20 heavy (non-hydrogen) atoms. The van der Waals surface area contributed by atoms with Gasteiger partial charge in [0, 0.05) is 18.8 Å². The first-order chi connectivity index (χ1) is 9.46. The molecule has 112 valence electrons. The standard InChI is InChI=1S/C14H21NO4S/c1-3-20(17,18)14-6-4-12(5-7-14)15-8-11(2)19-13(9-15)10-16/h4-7,11,13,16H,3,8-10H2,1-2H3. The van der Waals surface area contributed by atoms with E-state index >= 15 is 0 Å². The third kappa shape index (κ3) is 3.31. The molecule has 0 saturated carbocycles. The molecule has 2 atom stereocenters. The topological polar surface area (TPSA) is 66.8 Å². The normalized spacial score (nSPS) is 23.9. The van der Waals surface area contributed by atoms with Crippen molar-refractivity contribution >= 4 is 15.5 Å². The molecule has 2 rings (SSSR count). The van der Waals surface area contributed by atoms with Crippen LogP contribution in [0.2, 0.25) is 0 Å². The van der Waals surface area contributed by atoms with E-state index in [0.717, 1.165) is 12.2 Å². The third-order valence-electron chi connectivity index (χ3n) is 3.47. The minimum atomic E-state index is -3.16. The lowest BCUT2D eigenvalue weighted by molar-refractivity contribution is -0.0421. The first kappa shape index (κ1) is 15.3. The van der Waals surface area contributed by atoms with E-state index in [0.29, 0.717) is 11.4 Å². The minimum absolute atomic E-state index is 0.0108. The molecule has 1 fully saturated rings. The van der Waals surface area contributed by atoms with Crippen LogP contribution < -0.4 is 4.90 Å². The molecule has 0 bridgehead atoms. The van der Waals surface area contributed by atoms with Gasteiger partial charge in [-0.15, -0.1) is 0 Å². The van der Waals surface area contributed by atoms with Crippen molar-refractivity contribution in [2.24, 2.45) is 0 Å². The van der Waals surface area contributed by atoms with Gasteiger partial charge in [-0.05, 0) is 31.2 Å². The van der Waals surface area contributed by atoms with Gasteiger partial charge in [-0.3, -0.25) is 0 Å². The predicted octanol–water partition coefficient (Wildman–Crippen LogP) is 1.07. The zero-order chi connectivity index (χ0) is 14.8. The van der Waals surface area contributed by atoms with Gasteiger partial charge in [0.25, 0.3) is 0 Å². The Labute approximate surface area is 120 Å². The summed E-state index contributed by atoms with van der Waals surface area (Å²) in [4.78, 5) is 2.46. The Morgan fingerprint density at radius 2 is 1.95 bits per heavy atom. The van der Waals surface area contributed by atoms with Gasteiger partial charge in [-0.2, -0.15) is 0 Å². The summed E-state index contributed by atoms with van der Waals surface area (Å²) in [5, 5.41) is 9.23. The summed E-state index contributed by atoms with van der Waals surface area (Å²) in [5.41, 5.74) is 0.952. The number of aliphatic hydroxyl groups excluding tert-OH is 1. The highest BCUT2D eigenvalue weighted by molar-refractivity contribution is 7.91. The van der Waals surface area contributed by atoms with Crippen LogP contribution >= 0.6 is 0 Å². The van der Waals surface area contributed by atoms with E-state index in [9.17, 15) is 13.5 Å². The lowest BCUT2D eigenvalue weighted by Crippen LogP contribution is -2.48. The Kier molecular flexibility index (Phi) is 4.67. The molecule has 1 aromatic rings. The highest BCUT2D eigenvalue weighted by atomic mass is 32.2. The summed E-state index contributed by atoms with van der Waals surface area (Å²) in [7, 11) is -3.16. The van der Waals surface area contributed by atoms with E-state index in [1.165, 1.54) is 0 Å². The zero-order valence-electron chi connectivity index (χ0n) is 11.8. The van der Waals surface area contributed by atoms with Gasteiger partial charge in [0.15, 0.2) is 9.84 Å². The minimum Gasteiger partial charge on any atom is -0.394 e. The molecule has 0 amide bonds. The van der Waals surface area contributed by atoms with Crippen molar-refractivity contribution in [3.05, 3.63) is 24.3 Å². The van der Waals surface area contributed by atoms with E-state index in [-0.39, 0.29) is 24.6 Å². The van der Waals surface area contributed by atoms with Gasteiger partial charge in [-0.1, -0.05) is 6.92 Å². The van der Waals surface area contributed by atoms with Gasteiger partial charge in [0.05, 0.1) is 29.5 Å². The fraction of sp³-hybridized carbons (Fsp3) is 0.571. The first-order valence-corrected chi connectivity index (χ1v) is 8.45. The molecular weight excluding hydrogens is 278 g/mol. The van der Waals surface area contributed by atoms with Crippen molar-refractivity contribution < 1.29 is 18.3 Å². The summed E-state index contributed by atoms with van der Waals surface area (Å²) < 4.78 is 29.1. The van der Waals surface area contributed by atoms with Crippen LogP contribution in [0.3, 0.4) is 0 Å². The van der Waals surface area contributed by atoms with E-state index in [4.69, 9.17) is 4.74 Å². The van der Waals surface area contributed by atoms with Crippen molar-refractivity contribution in [1.29, 1.82) is 0 Å². The SMILES string of the molecule is CCS(=O)(=O)c1ccc(N2CC(C)OC(CO)C2)cc1. The summed E-state index contributed by atoms with van der Waals surface area (Å²) in [6, 6.07) is 6.91. The molecule has 1 aliphatic rings. The van der Waals surface area contributed by atoms with Crippen LogP contribution in [0.15, 0.2) is 29.2 Å². The molecule has 1 N–H and O–H groups in total. The van der Waals surface area contributed by atoms with E-state index in [2.05, 4.69) is 4.90 Å². The van der Waals surface area contributed by atoms with Crippen molar-refractivity contribution in [2.45, 2.75) is 31.0 Å². The average molecular weight is 299 g/mol. The van der Waals surface area contributed by atoms with Crippen LogP contribution in [-0.2, 0) is 14.6 Å². The van der Waals surface area contributed by atoms with Gasteiger partial charge >= 0.3 is 0 Å². The molecule has 1 aliphatic heterocycles. The van der Waals surface area contributed by atoms with Gasteiger partial charge in [-0.25, -0.2) is 8.42 Å². The Balaban J connectivity index is 2.17. The number of rotatable bonds is 4. The predicted molar refractivity (Wildman–Crippen MR) is 77.8 cm³/mol. The maximum atomic E-state index is 11.8. The molecule has 1 aromatic carbocycles. The highest BCUT2D eigenvalue weighted by Crippen LogP contribution is 2.22.